The number of nitrogens with two attached hydrogens (primary N) is 2. The lowest BCUT2D eigenvalue weighted by Gasteiger charge is -2.20. The van der Waals surface area contributed by atoms with E-state index in [0.717, 1.165) is 18.0 Å². The van der Waals surface area contributed by atoms with Crippen molar-refractivity contribution < 1.29 is 4.79 Å². The maximum atomic E-state index is 11.3. The number of nitrogens with zero attached hydrogens (tertiary/aromatic N) is 3. The first kappa shape index (κ1) is 11.3. The molecule has 0 radical (unpaired) electrons. The summed E-state index contributed by atoms with van der Waals surface area (Å²) < 4.78 is 0. The van der Waals surface area contributed by atoms with Gasteiger partial charge in [-0.3, -0.25) is 9.69 Å². The highest BCUT2D eigenvalue weighted by Crippen LogP contribution is 2.30. The third kappa shape index (κ3) is 2.14. The molecule has 1 fully saturated rings. The van der Waals surface area contributed by atoms with Crippen molar-refractivity contribution in [2.45, 2.75) is 19.9 Å². The van der Waals surface area contributed by atoms with Gasteiger partial charge in [-0.05, 0) is 19.9 Å². The Balaban J connectivity index is 1.97. The number of rotatable bonds is 3. The van der Waals surface area contributed by atoms with Crippen molar-refractivity contribution in [2.24, 2.45) is 11.1 Å². The lowest BCUT2D eigenvalue weighted by molar-refractivity contribution is -0.126. The van der Waals surface area contributed by atoms with E-state index in [2.05, 4.69) is 15.1 Å². The van der Waals surface area contributed by atoms with E-state index in [9.17, 15) is 4.79 Å². The van der Waals surface area contributed by atoms with Crippen LogP contribution in [0.5, 0.6) is 0 Å². The zero-order chi connectivity index (χ0) is 11.8. The third-order valence-electron chi connectivity index (χ3n) is 2.99. The first-order valence-electron chi connectivity index (χ1n) is 5.10. The molecule has 88 valence electrons. The predicted molar refractivity (Wildman–Crippen MR) is 61.5 cm³/mol. The lowest BCUT2D eigenvalue weighted by atomic mass is 9.89. The fraction of sp³-hybridized carbons (Fsp3) is 0.667. The molecule has 4 N–H and O–H groups in total. The zero-order valence-corrected chi connectivity index (χ0v) is 9.96. The number of carbonyl (C=O) groups is 1. The molecule has 1 amide bonds. The summed E-state index contributed by atoms with van der Waals surface area (Å²) in [5.74, 6) is -0.230. The van der Waals surface area contributed by atoms with Gasteiger partial charge in [0, 0.05) is 6.54 Å². The highest BCUT2D eigenvalue weighted by molar-refractivity contribution is 7.15. The lowest BCUT2D eigenvalue weighted by Crippen LogP contribution is -2.36. The van der Waals surface area contributed by atoms with Gasteiger partial charge in [0.05, 0.1) is 12.0 Å². The monoisotopic (exact) mass is 241 g/mol. The van der Waals surface area contributed by atoms with E-state index < -0.39 is 5.41 Å². The quantitative estimate of drug-likeness (QED) is 0.764. The van der Waals surface area contributed by atoms with Gasteiger partial charge in [-0.15, -0.1) is 10.2 Å². The van der Waals surface area contributed by atoms with Crippen LogP contribution in [0, 0.1) is 5.41 Å². The summed E-state index contributed by atoms with van der Waals surface area (Å²) in [5.41, 5.74) is 10.5. The Labute approximate surface area is 97.6 Å². The van der Waals surface area contributed by atoms with Crippen molar-refractivity contribution in [1.29, 1.82) is 0 Å². The normalized spacial score (nSPS) is 26.1. The van der Waals surface area contributed by atoms with Crippen LogP contribution in [0.4, 0.5) is 5.13 Å². The maximum absolute atomic E-state index is 11.3. The molecular weight excluding hydrogens is 226 g/mol. The van der Waals surface area contributed by atoms with Crippen molar-refractivity contribution in [2.75, 3.05) is 18.8 Å². The van der Waals surface area contributed by atoms with E-state index in [1.165, 1.54) is 11.3 Å². The molecule has 2 heterocycles. The Bertz CT molecular complexity index is 406. The first-order chi connectivity index (χ1) is 7.49. The van der Waals surface area contributed by atoms with Crippen LogP contribution in [0.3, 0.4) is 0 Å². The SMILES string of the molecule is CC1(C(N)=O)CCN(Cc2nnc(N)s2)C1. The largest absolute Gasteiger partial charge is 0.374 e. The van der Waals surface area contributed by atoms with Gasteiger partial charge in [-0.2, -0.15) is 0 Å². The van der Waals surface area contributed by atoms with Crippen LogP contribution in [-0.4, -0.2) is 34.1 Å². The Kier molecular flexibility index (Phi) is 2.81. The molecule has 1 saturated heterocycles. The number of carbonyl (C=O) groups excluding carboxylic acids is 1. The number of aromatic nitrogens is 2. The number of hydrogen-bond acceptors (Lipinski definition) is 6. The first-order valence-corrected chi connectivity index (χ1v) is 5.91. The Morgan fingerprint density at radius 2 is 2.38 bits per heavy atom. The summed E-state index contributed by atoms with van der Waals surface area (Å²) in [7, 11) is 0. The summed E-state index contributed by atoms with van der Waals surface area (Å²) in [6.45, 7) is 4.14. The summed E-state index contributed by atoms with van der Waals surface area (Å²) in [5, 5.41) is 9.08. The van der Waals surface area contributed by atoms with Gasteiger partial charge in [-0.25, -0.2) is 0 Å². The van der Waals surface area contributed by atoms with E-state index in [1.54, 1.807) is 0 Å². The summed E-state index contributed by atoms with van der Waals surface area (Å²) >= 11 is 1.38. The van der Waals surface area contributed by atoms with Crippen molar-refractivity contribution in [3.63, 3.8) is 0 Å². The van der Waals surface area contributed by atoms with Gasteiger partial charge in [0.15, 0.2) is 0 Å². The van der Waals surface area contributed by atoms with Gasteiger partial charge in [0.2, 0.25) is 11.0 Å². The Hall–Kier alpha value is -1.21. The maximum Gasteiger partial charge on any atom is 0.224 e. The molecule has 6 nitrogen and oxygen atoms in total. The van der Waals surface area contributed by atoms with Crippen LogP contribution in [0.1, 0.15) is 18.4 Å². The smallest absolute Gasteiger partial charge is 0.224 e. The molecule has 0 aliphatic carbocycles. The van der Waals surface area contributed by atoms with Crippen LogP contribution in [0.25, 0.3) is 0 Å². The molecule has 2 rings (SSSR count). The van der Waals surface area contributed by atoms with Crippen LogP contribution in [-0.2, 0) is 11.3 Å². The molecule has 0 aromatic carbocycles. The zero-order valence-electron chi connectivity index (χ0n) is 9.14. The molecule has 1 aromatic rings. The molecule has 7 heteroatoms. The second kappa shape index (κ2) is 3.99. The fourth-order valence-electron chi connectivity index (χ4n) is 1.91. The van der Waals surface area contributed by atoms with E-state index in [0.29, 0.717) is 18.2 Å². The molecule has 0 saturated carbocycles. The van der Waals surface area contributed by atoms with Crippen molar-refractivity contribution in [3.8, 4) is 0 Å². The van der Waals surface area contributed by atoms with Crippen LogP contribution in [0.15, 0.2) is 0 Å². The minimum atomic E-state index is -0.407. The molecule has 0 bridgehead atoms. The molecule has 1 aliphatic rings. The number of amides is 1. The van der Waals surface area contributed by atoms with Gasteiger partial charge >= 0.3 is 0 Å². The van der Waals surface area contributed by atoms with Gasteiger partial charge < -0.3 is 11.5 Å². The van der Waals surface area contributed by atoms with Crippen molar-refractivity contribution >= 4 is 22.4 Å². The fourth-order valence-corrected chi connectivity index (χ4v) is 2.57. The second-order valence-electron chi connectivity index (χ2n) is 4.42. The molecular formula is C9H15N5OS. The predicted octanol–water partition coefficient (Wildman–Crippen LogP) is -0.182. The minimum absolute atomic E-state index is 0.230. The molecule has 1 aromatic heterocycles. The van der Waals surface area contributed by atoms with E-state index in [4.69, 9.17) is 11.5 Å². The Morgan fingerprint density at radius 1 is 1.62 bits per heavy atom. The number of primary amides is 1. The average molecular weight is 241 g/mol. The van der Waals surface area contributed by atoms with E-state index in [1.807, 2.05) is 6.92 Å². The third-order valence-corrected chi connectivity index (χ3v) is 3.73. The topological polar surface area (TPSA) is 98.1 Å². The summed E-state index contributed by atoms with van der Waals surface area (Å²) in [6, 6.07) is 0. The van der Waals surface area contributed by atoms with Crippen molar-refractivity contribution in [3.05, 3.63) is 5.01 Å². The standard InChI is InChI=1S/C9H15N5OS/c1-9(7(10)15)2-3-14(5-9)4-6-12-13-8(11)16-6/h2-5H2,1H3,(H2,10,15)(H2,11,13). The number of anilines is 1. The highest BCUT2D eigenvalue weighted by atomic mass is 32.1. The second-order valence-corrected chi connectivity index (χ2v) is 5.51. The molecule has 1 unspecified atom stereocenters. The van der Waals surface area contributed by atoms with Crippen molar-refractivity contribution in [1.82, 2.24) is 15.1 Å². The molecule has 16 heavy (non-hydrogen) atoms. The molecule has 1 atom stereocenters. The van der Waals surface area contributed by atoms with E-state index >= 15 is 0 Å². The molecule has 0 spiro atoms. The molecule has 1 aliphatic heterocycles. The summed E-state index contributed by atoms with van der Waals surface area (Å²) in [4.78, 5) is 13.4. The highest BCUT2D eigenvalue weighted by Gasteiger charge is 2.38. The minimum Gasteiger partial charge on any atom is -0.374 e. The Morgan fingerprint density at radius 3 is 2.88 bits per heavy atom. The number of likely N-dealkylation sites (tertiary alicyclic amines) is 1. The number of hydrogen-bond donors (Lipinski definition) is 2. The number of nitrogen functional groups attached to an aromatic ring is 1. The summed E-state index contributed by atoms with van der Waals surface area (Å²) in [6.07, 6.45) is 0.802. The van der Waals surface area contributed by atoms with E-state index in [-0.39, 0.29) is 5.91 Å². The average Bonchev–Trinajstić information content (AvgIpc) is 2.75. The van der Waals surface area contributed by atoms with Gasteiger partial charge in [0.25, 0.3) is 0 Å². The van der Waals surface area contributed by atoms with Crippen LogP contribution >= 0.6 is 11.3 Å². The van der Waals surface area contributed by atoms with Gasteiger partial charge in [-0.1, -0.05) is 11.3 Å². The van der Waals surface area contributed by atoms with Crippen LogP contribution < -0.4 is 11.5 Å². The van der Waals surface area contributed by atoms with Crippen LogP contribution in [0.2, 0.25) is 0 Å². The van der Waals surface area contributed by atoms with Gasteiger partial charge in [0.1, 0.15) is 5.01 Å².